The normalized spacial score (nSPS) is 12.4. The van der Waals surface area contributed by atoms with Gasteiger partial charge in [-0.1, -0.05) is 6.07 Å². The Bertz CT molecular complexity index is 764. The summed E-state index contributed by atoms with van der Waals surface area (Å²) in [5.74, 6) is 1.55. The van der Waals surface area contributed by atoms with Crippen LogP contribution < -0.4 is 24.8 Å². The molecular weight excluding hydrogens is 320 g/mol. The van der Waals surface area contributed by atoms with Crippen molar-refractivity contribution >= 4 is 5.91 Å². The van der Waals surface area contributed by atoms with E-state index >= 15 is 0 Å². The minimum absolute atomic E-state index is 0.108. The van der Waals surface area contributed by atoms with Crippen molar-refractivity contribution in [3.63, 3.8) is 0 Å². The Morgan fingerprint density at radius 2 is 1.68 bits per heavy atom. The Labute approximate surface area is 147 Å². The standard InChI is InChI=1S/C19H22N2O4/c1-23-16-6-12(7-17(24-2)18(16)25-3)9-21-19(22)13-4-5-14-10-20-11-15(14)8-13/h4-8,20H,9-11H2,1-3H3,(H,21,22). The van der Waals surface area contributed by atoms with Crippen molar-refractivity contribution in [1.29, 1.82) is 0 Å². The fraction of sp³-hybridized carbons (Fsp3) is 0.316. The molecule has 25 heavy (non-hydrogen) atoms. The first-order chi connectivity index (χ1) is 12.2. The number of hydrogen-bond acceptors (Lipinski definition) is 5. The maximum atomic E-state index is 12.4. The van der Waals surface area contributed by atoms with E-state index in [1.54, 1.807) is 21.3 Å². The van der Waals surface area contributed by atoms with Gasteiger partial charge >= 0.3 is 0 Å². The van der Waals surface area contributed by atoms with Crippen LogP contribution in [0.4, 0.5) is 0 Å². The molecule has 0 saturated heterocycles. The van der Waals surface area contributed by atoms with E-state index < -0.39 is 0 Å². The molecular formula is C19H22N2O4. The first-order valence-electron chi connectivity index (χ1n) is 8.06. The lowest BCUT2D eigenvalue weighted by Crippen LogP contribution is -2.23. The summed E-state index contributed by atoms with van der Waals surface area (Å²) in [6.07, 6.45) is 0. The van der Waals surface area contributed by atoms with Crippen LogP contribution in [0.15, 0.2) is 30.3 Å². The molecule has 6 heteroatoms. The summed E-state index contributed by atoms with van der Waals surface area (Å²) < 4.78 is 16.0. The number of benzene rings is 2. The van der Waals surface area contributed by atoms with Gasteiger partial charge in [-0.25, -0.2) is 0 Å². The van der Waals surface area contributed by atoms with Gasteiger partial charge in [0.15, 0.2) is 11.5 Å². The molecule has 2 N–H and O–H groups in total. The van der Waals surface area contributed by atoms with Crippen molar-refractivity contribution < 1.29 is 19.0 Å². The molecule has 2 aromatic rings. The summed E-state index contributed by atoms with van der Waals surface area (Å²) in [7, 11) is 4.70. The summed E-state index contributed by atoms with van der Waals surface area (Å²) in [5, 5.41) is 6.21. The van der Waals surface area contributed by atoms with Gasteiger partial charge in [-0.05, 0) is 41.0 Å². The average Bonchev–Trinajstić information content (AvgIpc) is 3.12. The van der Waals surface area contributed by atoms with E-state index in [1.807, 2.05) is 30.3 Å². The lowest BCUT2D eigenvalue weighted by Gasteiger charge is -2.14. The zero-order valence-corrected chi connectivity index (χ0v) is 14.6. The van der Waals surface area contributed by atoms with Gasteiger partial charge in [0.25, 0.3) is 5.91 Å². The summed E-state index contributed by atoms with van der Waals surface area (Å²) in [4.78, 5) is 12.4. The van der Waals surface area contributed by atoms with E-state index in [-0.39, 0.29) is 5.91 Å². The van der Waals surface area contributed by atoms with Crippen molar-refractivity contribution in [2.24, 2.45) is 0 Å². The van der Waals surface area contributed by atoms with Gasteiger partial charge < -0.3 is 24.8 Å². The predicted octanol–water partition coefficient (Wildman–Crippen LogP) is 2.25. The van der Waals surface area contributed by atoms with E-state index in [4.69, 9.17) is 14.2 Å². The molecule has 132 valence electrons. The van der Waals surface area contributed by atoms with Crippen molar-refractivity contribution in [2.45, 2.75) is 19.6 Å². The molecule has 6 nitrogen and oxygen atoms in total. The third kappa shape index (κ3) is 3.53. The number of carbonyl (C=O) groups excluding carboxylic acids is 1. The minimum Gasteiger partial charge on any atom is -0.493 e. The fourth-order valence-electron chi connectivity index (χ4n) is 2.96. The van der Waals surface area contributed by atoms with Crippen molar-refractivity contribution in [3.8, 4) is 17.2 Å². The molecule has 1 heterocycles. The molecule has 0 aromatic heterocycles. The first-order valence-corrected chi connectivity index (χ1v) is 8.06. The fourth-order valence-corrected chi connectivity index (χ4v) is 2.96. The Morgan fingerprint density at radius 3 is 2.32 bits per heavy atom. The molecule has 0 bridgehead atoms. The maximum Gasteiger partial charge on any atom is 0.251 e. The molecule has 0 aliphatic carbocycles. The van der Waals surface area contributed by atoms with Crippen LogP contribution in [0.5, 0.6) is 17.2 Å². The van der Waals surface area contributed by atoms with Gasteiger partial charge in [0, 0.05) is 25.2 Å². The molecule has 0 unspecified atom stereocenters. The van der Waals surface area contributed by atoms with Crippen LogP contribution in [0.1, 0.15) is 27.0 Å². The number of carbonyl (C=O) groups is 1. The number of rotatable bonds is 6. The topological polar surface area (TPSA) is 68.8 Å². The third-order valence-electron chi connectivity index (χ3n) is 4.28. The number of amides is 1. The van der Waals surface area contributed by atoms with Gasteiger partial charge in [0.05, 0.1) is 21.3 Å². The van der Waals surface area contributed by atoms with Crippen molar-refractivity contribution in [1.82, 2.24) is 10.6 Å². The van der Waals surface area contributed by atoms with Crippen LogP contribution >= 0.6 is 0 Å². The molecule has 0 spiro atoms. The van der Waals surface area contributed by atoms with E-state index in [2.05, 4.69) is 10.6 Å². The van der Waals surface area contributed by atoms with Gasteiger partial charge in [-0.2, -0.15) is 0 Å². The van der Waals surface area contributed by atoms with Gasteiger partial charge in [0.2, 0.25) is 5.75 Å². The highest BCUT2D eigenvalue weighted by molar-refractivity contribution is 5.94. The van der Waals surface area contributed by atoms with Gasteiger partial charge in [-0.3, -0.25) is 4.79 Å². The van der Waals surface area contributed by atoms with Crippen molar-refractivity contribution in [3.05, 3.63) is 52.6 Å². The Balaban J connectivity index is 1.73. The first kappa shape index (κ1) is 17.1. The molecule has 3 rings (SSSR count). The van der Waals surface area contributed by atoms with Crippen LogP contribution in [-0.2, 0) is 19.6 Å². The molecule has 1 amide bonds. The molecule has 0 saturated carbocycles. The van der Waals surface area contributed by atoms with E-state index in [0.717, 1.165) is 18.7 Å². The number of nitrogens with one attached hydrogen (secondary N) is 2. The Hall–Kier alpha value is -2.73. The summed E-state index contributed by atoms with van der Waals surface area (Å²) >= 11 is 0. The highest BCUT2D eigenvalue weighted by Gasteiger charge is 2.15. The van der Waals surface area contributed by atoms with E-state index in [1.165, 1.54) is 11.1 Å². The molecule has 0 atom stereocenters. The lowest BCUT2D eigenvalue weighted by molar-refractivity contribution is 0.0950. The maximum absolute atomic E-state index is 12.4. The third-order valence-corrected chi connectivity index (χ3v) is 4.28. The number of fused-ring (bicyclic) bond motifs is 1. The molecule has 1 aliphatic heterocycles. The van der Waals surface area contributed by atoms with E-state index in [9.17, 15) is 4.79 Å². The highest BCUT2D eigenvalue weighted by atomic mass is 16.5. The van der Waals surface area contributed by atoms with E-state index in [0.29, 0.717) is 29.4 Å². The zero-order valence-electron chi connectivity index (χ0n) is 14.6. The smallest absolute Gasteiger partial charge is 0.251 e. The van der Waals surface area contributed by atoms with Crippen molar-refractivity contribution in [2.75, 3.05) is 21.3 Å². The summed E-state index contributed by atoms with van der Waals surface area (Å²) in [5.41, 5.74) is 3.96. The number of methoxy groups -OCH3 is 3. The predicted molar refractivity (Wildman–Crippen MR) is 94.3 cm³/mol. The minimum atomic E-state index is -0.108. The zero-order chi connectivity index (χ0) is 17.8. The monoisotopic (exact) mass is 342 g/mol. The SMILES string of the molecule is COc1cc(CNC(=O)c2ccc3c(c2)CNC3)cc(OC)c1OC. The van der Waals surface area contributed by atoms with Crippen LogP contribution in [0, 0.1) is 0 Å². The van der Waals surface area contributed by atoms with Crippen LogP contribution in [0.3, 0.4) is 0 Å². The number of ether oxygens (including phenoxy) is 3. The largest absolute Gasteiger partial charge is 0.493 e. The quantitative estimate of drug-likeness (QED) is 0.843. The summed E-state index contributed by atoms with van der Waals surface area (Å²) in [6, 6.07) is 9.46. The molecule has 1 aliphatic rings. The molecule has 0 fully saturated rings. The van der Waals surface area contributed by atoms with Crippen LogP contribution in [0.2, 0.25) is 0 Å². The van der Waals surface area contributed by atoms with Gasteiger partial charge in [-0.15, -0.1) is 0 Å². The average molecular weight is 342 g/mol. The van der Waals surface area contributed by atoms with Crippen LogP contribution in [0.25, 0.3) is 0 Å². The Kier molecular flexibility index (Phi) is 5.09. The second kappa shape index (κ2) is 7.44. The molecule has 2 aromatic carbocycles. The second-order valence-corrected chi connectivity index (χ2v) is 5.80. The number of hydrogen-bond donors (Lipinski definition) is 2. The summed E-state index contributed by atoms with van der Waals surface area (Å²) in [6.45, 7) is 2.04. The lowest BCUT2D eigenvalue weighted by atomic mass is 10.1. The van der Waals surface area contributed by atoms with Crippen LogP contribution in [-0.4, -0.2) is 27.2 Å². The second-order valence-electron chi connectivity index (χ2n) is 5.80. The Morgan fingerprint density at radius 1 is 1.00 bits per heavy atom. The highest BCUT2D eigenvalue weighted by Crippen LogP contribution is 2.38. The molecule has 0 radical (unpaired) electrons. The van der Waals surface area contributed by atoms with Gasteiger partial charge in [0.1, 0.15) is 0 Å².